The second-order valence-electron chi connectivity index (χ2n) is 8.05. The molecule has 1 N–H and O–H groups in total. The van der Waals surface area contributed by atoms with Gasteiger partial charge in [-0.15, -0.1) is 0 Å². The van der Waals surface area contributed by atoms with Crippen molar-refractivity contribution < 1.29 is 48.1 Å². The molecule has 1 fully saturated rings. The van der Waals surface area contributed by atoms with Crippen molar-refractivity contribution in [3.8, 4) is 0 Å². The van der Waals surface area contributed by atoms with Gasteiger partial charge in [0, 0.05) is 54.7 Å². The fourth-order valence-electron chi connectivity index (χ4n) is 3.75. The van der Waals surface area contributed by atoms with Gasteiger partial charge in [0.05, 0.1) is 6.23 Å². The van der Waals surface area contributed by atoms with Crippen LogP contribution < -0.4 is 0 Å². The van der Waals surface area contributed by atoms with Gasteiger partial charge in [-0.1, -0.05) is 0 Å². The first-order valence-electron chi connectivity index (χ1n) is 10.4. The SMILES string of the molecule is CO[Si](CC[Si]1(C)O[Si](C)O[Si](C)(CO)O[Si](C)(CC[Si](OC)(OC)OC)O1)(OC)OC. The van der Waals surface area contributed by atoms with Crippen molar-refractivity contribution in [1.82, 2.24) is 0 Å². The Morgan fingerprint density at radius 1 is 0.656 bits per heavy atom. The van der Waals surface area contributed by atoms with E-state index in [4.69, 9.17) is 43.0 Å². The van der Waals surface area contributed by atoms with Crippen LogP contribution in [0.5, 0.6) is 0 Å². The predicted octanol–water partition coefficient (Wildman–Crippen LogP) is 1.69. The van der Waals surface area contributed by atoms with Crippen LogP contribution >= 0.6 is 0 Å². The molecule has 1 heterocycles. The average Bonchev–Trinajstić information content (AvgIpc) is 2.75. The van der Waals surface area contributed by atoms with Crippen LogP contribution in [0, 0.1) is 0 Å². The van der Waals surface area contributed by atoms with Crippen molar-refractivity contribution >= 4 is 52.6 Å². The van der Waals surface area contributed by atoms with E-state index in [0.717, 1.165) is 0 Å². The Bertz CT molecular complexity index is 555. The summed E-state index contributed by atoms with van der Waals surface area (Å²) < 4.78 is 59.6. The molecule has 1 rings (SSSR count). The first-order chi connectivity index (χ1) is 14.9. The van der Waals surface area contributed by atoms with Gasteiger partial charge in [0.15, 0.2) is 0 Å². The average molecular weight is 566 g/mol. The number of aliphatic hydroxyl groups excluding tert-OH is 1. The lowest BCUT2D eigenvalue weighted by Crippen LogP contribution is -2.65. The molecule has 0 aromatic heterocycles. The maximum absolute atomic E-state index is 10.1. The second-order valence-corrected chi connectivity index (χ2v) is 26.6. The van der Waals surface area contributed by atoms with Crippen molar-refractivity contribution in [2.45, 2.75) is 50.4 Å². The van der Waals surface area contributed by atoms with Crippen LogP contribution in [-0.2, 0) is 43.0 Å². The zero-order chi connectivity index (χ0) is 24.7. The molecule has 0 bridgehead atoms. The molecule has 1 aliphatic heterocycles. The van der Waals surface area contributed by atoms with Gasteiger partial charge in [-0.2, -0.15) is 0 Å². The molecule has 0 aromatic rings. The minimum absolute atomic E-state index is 0.183. The monoisotopic (exact) mass is 565 g/mol. The van der Waals surface area contributed by atoms with Crippen molar-refractivity contribution in [2.24, 2.45) is 0 Å². The Morgan fingerprint density at radius 2 is 1.00 bits per heavy atom. The smallest absolute Gasteiger partial charge is 0.416 e. The van der Waals surface area contributed by atoms with Gasteiger partial charge in [-0.3, -0.25) is 0 Å². The van der Waals surface area contributed by atoms with E-state index in [-0.39, 0.29) is 6.23 Å². The lowest BCUT2D eigenvalue weighted by molar-refractivity contribution is 0.123. The quantitative estimate of drug-likeness (QED) is 0.329. The highest BCUT2D eigenvalue weighted by atomic mass is 28.5. The highest BCUT2D eigenvalue weighted by molar-refractivity contribution is 6.91. The lowest BCUT2D eigenvalue weighted by Gasteiger charge is -2.46. The summed E-state index contributed by atoms with van der Waals surface area (Å²) >= 11 is 0. The summed E-state index contributed by atoms with van der Waals surface area (Å²) in [7, 11) is -6.45. The second kappa shape index (κ2) is 12.7. The molecule has 0 spiro atoms. The van der Waals surface area contributed by atoms with Crippen molar-refractivity contribution in [3.63, 3.8) is 0 Å². The molecule has 1 saturated heterocycles. The Morgan fingerprint density at radius 3 is 1.38 bits per heavy atom. The highest BCUT2D eigenvalue weighted by Crippen LogP contribution is 2.35. The van der Waals surface area contributed by atoms with E-state index >= 15 is 0 Å². The molecule has 1 radical (unpaired) electrons. The van der Waals surface area contributed by atoms with Crippen molar-refractivity contribution in [2.75, 3.05) is 48.9 Å². The summed E-state index contributed by atoms with van der Waals surface area (Å²) in [5.74, 6) is 0. The Hall–Kier alpha value is 0.861. The van der Waals surface area contributed by atoms with E-state index in [9.17, 15) is 5.11 Å². The van der Waals surface area contributed by atoms with E-state index in [1.807, 2.05) is 26.2 Å². The summed E-state index contributed by atoms with van der Waals surface area (Å²) in [5, 5.41) is 10.1. The number of rotatable bonds is 13. The summed E-state index contributed by atoms with van der Waals surface area (Å²) in [5.41, 5.74) is 0. The van der Waals surface area contributed by atoms with Gasteiger partial charge >= 0.3 is 52.6 Å². The maximum Gasteiger partial charge on any atom is 0.500 e. The highest BCUT2D eigenvalue weighted by Gasteiger charge is 2.55. The van der Waals surface area contributed by atoms with Crippen molar-refractivity contribution in [3.05, 3.63) is 0 Å². The molecular weight excluding hydrogens is 525 g/mol. The van der Waals surface area contributed by atoms with Gasteiger partial charge in [0.1, 0.15) is 0 Å². The summed E-state index contributed by atoms with van der Waals surface area (Å²) in [6, 6.07) is 2.18. The van der Waals surface area contributed by atoms with Crippen molar-refractivity contribution in [1.29, 1.82) is 0 Å². The van der Waals surface area contributed by atoms with Crippen LogP contribution in [0.15, 0.2) is 0 Å². The summed E-state index contributed by atoms with van der Waals surface area (Å²) in [6.07, 6.45) is -0.183. The van der Waals surface area contributed by atoms with Crippen LogP contribution in [0.25, 0.3) is 0 Å². The lowest BCUT2D eigenvalue weighted by atomic mass is 10.9. The molecule has 3 unspecified atom stereocenters. The largest absolute Gasteiger partial charge is 0.500 e. The predicted molar refractivity (Wildman–Crippen MR) is 131 cm³/mol. The van der Waals surface area contributed by atoms with Gasteiger partial charge in [0.25, 0.3) is 0 Å². The molecule has 0 saturated carbocycles. The molecule has 17 heteroatoms. The Kier molecular flexibility index (Phi) is 12.3. The third kappa shape index (κ3) is 8.22. The summed E-state index contributed by atoms with van der Waals surface area (Å²) in [4.78, 5) is 0. The third-order valence-corrected chi connectivity index (χ3v) is 27.5. The number of hydrogen-bond donors (Lipinski definition) is 1. The topological polar surface area (TPSA) is 113 Å². The van der Waals surface area contributed by atoms with Crippen LogP contribution in [0.2, 0.25) is 50.4 Å². The number of aliphatic hydroxyl groups is 1. The molecule has 191 valence electrons. The molecule has 0 amide bonds. The molecule has 0 aromatic carbocycles. The fraction of sp³-hybridized carbons (Fsp3) is 1.00. The minimum atomic E-state index is -2.91. The zero-order valence-electron chi connectivity index (χ0n) is 21.1. The number of hydrogen-bond acceptors (Lipinski definition) is 11. The van der Waals surface area contributed by atoms with Gasteiger partial charge in [0.2, 0.25) is 0 Å². The first-order valence-corrected chi connectivity index (χ1v) is 23.6. The van der Waals surface area contributed by atoms with Gasteiger partial charge < -0.3 is 48.1 Å². The van der Waals surface area contributed by atoms with E-state index in [0.29, 0.717) is 24.2 Å². The normalized spacial score (nSPS) is 30.8. The molecule has 32 heavy (non-hydrogen) atoms. The van der Waals surface area contributed by atoms with Gasteiger partial charge in [-0.05, 0) is 38.3 Å². The molecule has 1 aliphatic rings. The van der Waals surface area contributed by atoms with E-state index in [1.165, 1.54) is 0 Å². The van der Waals surface area contributed by atoms with Crippen LogP contribution in [0.3, 0.4) is 0 Å². The molecule has 11 nitrogen and oxygen atoms in total. The van der Waals surface area contributed by atoms with Crippen LogP contribution in [0.1, 0.15) is 0 Å². The summed E-state index contributed by atoms with van der Waals surface area (Å²) in [6.45, 7) is 7.74. The Labute approximate surface area is 199 Å². The van der Waals surface area contributed by atoms with Crippen LogP contribution in [-0.4, -0.2) is 107 Å². The third-order valence-electron chi connectivity index (χ3n) is 5.51. The van der Waals surface area contributed by atoms with E-state index in [2.05, 4.69) is 0 Å². The zero-order valence-corrected chi connectivity index (χ0v) is 27.1. The minimum Gasteiger partial charge on any atom is -0.416 e. The molecule has 3 atom stereocenters. The van der Waals surface area contributed by atoms with E-state index in [1.54, 1.807) is 42.7 Å². The van der Waals surface area contributed by atoms with Gasteiger partial charge in [-0.25, -0.2) is 0 Å². The first kappa shape index (κ1) is 30.9. The molecular formula is C15H41O11Si6. The fourth-order valence-corrected chi connectivity index (χ4v) is 28.5. The van der Waals surface area contributed by atoms with E-state index < -0.39 is 52.6 Å². The van der Waals surface area contributed by atoms with Crippen LogP contribution in [0.4, 0.5) is 0 Å². The standard InChI is InChI=1S/C15H41O11Si6/c1-17-31(18-2,19-3)13-11-28(8)23-27(7)24-30(10,15-16)26-29(9,25-28)12-14-32(20-4,21-5)22-6/h16H,11-15H2,1-10H3. The maximum atomic E-state index is 10.1. The Balaban J connectivity index is 3.21. The molecule has 0 aliphatic carbocycles.